The maximum atomic E-state index is 12.2. The van der Waals surface area contributed by atoms with Crippen molar-refractivity contribution in [2.75, 3.05) is 7.11 Å². The van der Waals surface area contributed by atoms with Gasteiger partial charge in [0.25, 0.3) is 5.91 Å². The second-order valence-electron chi connectivity index (χ2n) is 5.44. The van der Waals surface area contributed by atoms with Crippen LogP contribution in [0, 0.1) is 0 Å². The van der Waals surface area contributed by atoms with E-state index in [4.69, 9.17) is 21.1 Å². The summed E-state index contributed by atoms with van der Waals surface area (Å²) >= 11 is 5.98. The number of methoxy groups -OCH3 is 1. The number of benzene rings is 1. The Morgan fingerprint density at radius 2 is 2.35 bits per heavy atom. The molecule has 1 aliphatic rings. The summed E-state index contributed by atoms with van der Waals surface area (Å²) in [7, 11) is 1.62. The molecule has 1 aromatic heterocycles. The lowest BCUT2D eigenvalue weighted by molar-refractivity contribution is 0.0950. The molecule has 3 rings (SSSR count). The van der Waals surface area contributed by atoms with Crippen LogP contribution in [0.25, 0.3) is 0 Å². The number of halogens is 1. The number of fused-ring (bicyclic) bond motifs is 1. The fraction of sp³-hybridized carbons (Fsp3) is 0.294. The summed E-state index contributed by atoms with van der Waals surface area (Å²) < 4.78 is 11.2. The van der Waals surface area contributed by atoms with Crippen LogP contribution < -0.4 is 14.8 Å². The number of hydrogen-bond donors (Lipinski definition) is 1. The largest absolute Gasteiger partial charge is 0.496 e. The first-order chi connectivity index (χ1) is 11.1. The predicted molar refractivity (Wildman–Crippen MR) is 87.2 cm³/mol. The van der Waals surface area contributed by atoms with Crippen LogP contribution in [0.3, 0.4) is 0 Å². The standard InChI is InChI=1S/C17H17ClN2O3/c1-10-5-11-6-15(22-2)12(7-16(11)23-10)8-20-17(21)13-3-4-19-9-14(13)18/h3-4,6-7,9-10H,5,8H2,1-2H3,(H,20,21). The maximum Gasteiger partial charge on any atom is 0.253 e. The van der Waals surface area contributed by atoms with Gasteiger partial charge >= 0.3 is 0 Å². The van der Waals surface area contributed by atoms with Crippen molar-refractivity contribution in [3.63, 3.8) is 0 Å². The molecule has 0 bridgehead atoms. The number of pyridine rings is 1. The van der Waals surface area contributed by atoms with E-state index in [2.05, 4.69) is 10.3 Å². The molecule has 0 saturated heterocycles. The zero-order valence-electron chi connectivity index (χ0n) is 12.9. The number of carbonyl (C=O) groups is 1. The topological polar surface area (TPSA) is 60.5 Å². The highest BCUT2D eigenvalue weighted by atomic mass is 35.5. The molecule has 0 radical (unpaired) electrons. The fourth-order valence-electron chi connectivity index (χ4n) is 2.64. The van der Waals surface area contributed by atoms with E-state index in [0.717, 1.165) is 29.0 Å². The molecule has 1 amide bonds. The van der Waals surface area contributed by atoms with Gasteiger partial charge in [-0.15, -0.1) is 0 Å². The second-order valence-corrected chi connectivity index (χ2v) is 5.85. The van der Waals surface area contributed by atoms with E-state index in [1.54, 1.807) is 13.2 Å². The van der Waals surface area contributed by atoms with Crippen LogP contribution in [-0.2, 0) is 13.0 Å². The Bertz CT molecular complexity index is 749. The van der Waals surface area contributed by atoms with Gasteiger partial charge in [0, 0.05) is 36.5 Å². The van der Waals surface area contributed by atoms with Crippen molar-refractivity contribution in [3.05, 3.63) is 52.3 Å². The number of nitrogens with zero attached hydrogens (tertiary/aromatic N) is 1. The molecule has 1 aromatic carbocycles. The van der Waals surface area contributed by atoms with Gasteiger partial charge < -0.3 is 14.8 Å². The van der Waals surface area contributed by atoms with Crippen molar-refractivity contribution in [1.82, 2.24) is 10.3 Å². The summed E-state index contributed by atoms with van der Waals surface area (Å²) in [5, 5.41) is 3.17. The molecule has 0 fully saturated rings. The highest BCUT2D eigenvalue weighted by Crippen LogP contribution is 2.34. The Balaban J connectivity index is 1.77. The summed E-state index contributed by atoms with van der Waals surface area (Å²) in [6, 6.07) is 5.48. The molecule has 1 unspecified atom stereocenters. The van der Waals surface area contributed by atoms with Crippen LogP contribution >= 0.6 is 11.6 Å². The van der Waals surface area contributed by atoms with Crippen LogP contribution in [0.2, 0.25) is 5.02 Å². The molecule has 2 aromatic rings. The molecular formula is C17H17ClN2O3. The van der Waals surface area contributed by atoms with Gasteiger partial charge in [-0.3, -0.25) is 9.78 Å². The molecule has 120 valence electrons. The molecule has 5 nitrogen and oxygen atoms in total. The molecule has 0 aliphatic carbocycles. The number of ether oxygens (including phenoxy) is 2. The molecule has 1 N–H and O–H groups in total. The highest BCUT2D eigenvalue weighted by Gasteiger charge is 2.22. The number of nitrogens with one attached hydrogen (secondary N) is 1. The maximum absolute atomic E-state index is 12.2. The smallest absolute Gasteiger partial charge is 0.253 e. The average Bonchev–Trinajstić information content (AvgIpc) is 2.90. The average molecular weight is 333 g/mol. The number of amides is 1. The summed E-state index contributed by atoms with van der Waals surface area (Å²) in [4.78, 5) is 16.1. The van der Waals surface area contributed by atoms with E-state index in [1.165, 1.54) is 12.4 Å². The van der Waals surface area contributed by atoms with Gasteiger partial charge in [0.1, 0.15) is 17.6 Å². The van der Waals surface area contributed by atoms with Gasteiger partial charge in [-0.25, -0.2) is 0 Å². The van der Waals surface area contributed by atoms with E-state index >= 15 is 0 Å². The molecular weight excluding hydrogens is 316 g/mol. The summed E-state index contributed by atoms with van der Waals surface area (Å²) in [5.41, 5.74) is 2.38. The molecule has 6 heteroatoms. The van der Waals surface area contributed by atoms with Gasteiger partial charge in [0.05, 0.1) is 17.7 Å². The Labute approximate surface area is 139 Å². The minimum Gasteiger partial charge on any atom is -0.496 e. The minimum absolute atomic E-state index is 0.162. The van der Waals surface area contributed by atoms with Crippen molar-refractivity contribution in [3.8, 4) is 11.5 Å². The van der Waals surface area contributed by atoms with E-state index < -0.39 is 0 Å². The van der Waals surface area contributed by atoms with Gasteiger partial charge in [-0.1, -0.05) is 11.6 Å². The summed E-state index contributed by atoms with van der Waals surface area (Å²) in [5.74, 6) is 1.33. The number of carbonyl (C=O) groups excluding carboxylic acids is 1. The first-order valence-electron chi connectivity index (χ1n) is 7.32. The van der Waals surface area contributed by atoms with Crippen LogP contribution in [-0.4, -0.2) is 24.1 Å². The van der Waals surface area contributed by atoms with Crippen molar-refractivity contribution >= 4 is 17.5 Å². The van der Waals surface area contributed by atoms with Crippen LogP contribution in [0.1, 0.15) is 28.4 Å². The lowest BCUT2D eigenvalue weighted by atomic mass is 10.1. The molecule has 2 heterocycles. The summed E-state index contributed by atoms with van der Waals surface area (Å²) in [6.45, 7) is 2.35. The Morgan fingerprint density at radius 3 is 3.09 bits per heavy atom. The zero-order valence-corrected chi connectivity index (χ0v) is 13.7. The lowest BCUT2D eigenvalue weighted by Crippen LogP contribution is -2.23. The monoisotopic (exact) mass is 332 g/mol. The predicted octanol–water partition coefficient (Wildman–Crippen LogP) is 3.00. The van der Waals surface area contributed by atoms with Gasteiger partial charge in [-0.05, 0) is 25.1 Å². The Morgan fingerprint density at radius 1 is 1.52 bits per heavy atom. The molecule has 0 spiro atoms. The molecule has 23 heavy (non-hydrogen) atoms. The second kappa shape index (κ2) is 6.46. The van der Waals surface area contributed by atoms with Crippen molar-refractivity contribution in [2.45, 2.75) is 26.0 Å². The summed E-state index contributed by atoms with van der Waals surface area (Å²) in [6.07, 6.45) is 4.01. The number of hydrogen-bond acceptors (Lipinski definition) is 4. The normalized spacial score (nSPS) is 15.7. The van der Waals surface area contributed by atoms with Crippen molar-refractivity contribution in [1.29, 1.82) is 0 Å². The van der Waals surface area contributed by atoms with E-state index in [9.17, 15) is 4.79 Å². The zero-order chi connectivity index (χ0) is 16.4. The first kappa shape index (κ1) is 15.6. The van der Waals surface area contributed by atoms with Crippen LogP contribution in [0.5, 0.6) is 11.5 Å². The van der Waals surface area contributed by atoms with Crippen molar-refractivity contribution in [2.24, 2.45) is 0 Å². The minimum atomic E-state index is -0.255. The lowest BCUT2D eigenvalue weighted by Gasteiger charge is -2.12. The van der Waals surface area contributed by atoms with E-state index in [0.29, 0.717) is 17.1 Å². The Kier molecular flexibility index (Phi) is 4.39. The number of aromatic nitrogens is 1. The van der Waals surface area contributed by atoms with E-state index in [1.807, 2.05) is 19.1 Å². The quantitative estimate of drug-likeness (QED) is 0.935. The van der Waals surface area contributed by atoms with Crippen LogP contribution in [0.4, 0.5) is 0 Å². The molecule has 1 aliphatic heterocycles. The fourth-order valence-corrected chi connectivity index (χ4v) is 2.84. The SMILES string of the molecule is COc1cc2c(cc1CNC(=O)c1ccncc1Cl)OC(C)C2. The van der Waals surface area contributed by atoms with Crippen molar-refractivity contribution < 1.29 is 14.3 Å². The first-order valence-corrected chi connectivity index (χ1v) is 7.70. The van der Waals surface area contributed by atoms with Gasteiger partial charge in [-0.2, -0.15) is 0 Å². The third kappa shape index (κ3) is 3.24. The third-order valence-corrected chi connectivity index (χ3v) is 4.06. The highest BCUT2D eigenvalue weighted by molar-refractivity contribution is 6.33. The Hall–Kier alpha value is -2.27. The van der Waals surface area contributed by atoms with Crippen LogP contribution in [0.15, 0.2) is 30.6 Å². The van der Waals surface area contributed by atoms with Gasteiger partial charge in [0.15, 0.2) is 0 Å². The third-order valence-electron chi connectivity index (χ3n) is 3.76. The number of rotatable bonds is 4. The molecule has 1 atom stereocenters. The molecule has 0 saturated carbocycles. The van der Waals surface area contributed by atoms with E-state index in [-0.39, 0.29) is 12.0 Å². The van der Waals surface area contributed by atoms with Gasteiger partial charge in [0.2, 0.25) is 0 Å².